The smallest absolute Gasteiger partial charge is 0.233 e. The van der Waals surface area contributed by atoms with Gasteiger partial charge >= 0.3 is 0 Å². The number of nitrogens with zero attached hydrogens (tertiary/aromatic N) is 1. The second-order valence-electron chi connectivity index (χ2n) is 6.07. The Labute approximate surface area is 163 Å². The molecule has 1 fully saturated rings. The number of ether oxygens (including phenoxy) is 2. The van der Waals surface area contributed by atoms with Gasteiger partial charge in [-0.2, -0.15) is 0 Å². The van der Waals surface area contributed by atoms with E-state index in [0.717, 1.165) is 41.3 Å². The van der Waals surface area contributed by atoms with Crippen molar-refractivity contribution in [1.82, 2.24) is 4.90 Å². The molecule has 6 heteroatoms. The summed E-state index contributed by atoms with van der Waals surface area (Å²) in [5.41, 5.74) is 1.03. The molecule has 0 aromatic heterocycles. The van der Waals surface area contributed by atoms with E-state index in [4.69, 9.17) is 21.1 Å². The number of amides is 1. The zero-order valence-corrected chi connectivity index (χ0v) is 16.5. The fourth-order valence-electron chi connectivity index (χ4n) is 3.27. The van der Waals surface area contributed by atoms with E-state index in [1.165, 1.54) is 11.8 Å². The van der Waals surface area contributed by atoms with Crippen molar-refractivity contribution in [2.75, 3.05) is 26.5 Å². The lowest BCUT2D eigenvalue weighted by Gasteiger charge is -2.26. The van der Waals surface area contributed by atoms with E-state index in [1.54, 1.807) is 14.2 Å². The first kappa shape index (κ1) is 18.9. The number of benzene rings is 2. The molecule has 138 valence electrons. The molecule has 2 aromatic rings. The SMILES string of the molecule is COc1ccc(C2CCCN2C(=O)CSc2ccccc2Cl)c(OC)c1. The van der Waals surface area contributed by atoms with Gasteiger partial charge in [-0.25, -0.2) is 0 Å². The van der Waals surface area contributed by atoms with Gasteiger partial charge < -0.3 is 14.4 Å². The third-order valence-corrected chi connectivity index (χ3v) is 6.06. The maximum atomic E-state index is 12.8. The number of thioether (sulfide) groups is 1. The van der Waals surface area contributed by atoms with Crippen molar-refractivity contribution in [3.05, 3.63) is 53.1 Å². The minimum Gasteiger partial charge on any atom is -0.497 e. The Morgan fingerprint density at radius 2 is 2.04 bits per heavy atom. The van der Waals surface area contributed by atoms with E-state index in [1.807, 2.05) is 47.4 Å². The van der Waals surface area contributed by atoms with E-state index >= 15 is 0 Å². The Morgan fingerprint density at radius 3 is 2.77 bits per heavy atom. The van der Waals surface area contributed by atoms with Crippen LogP contribution in [0.5, 0.6) is 11.5 Å². The summed E-state index contributed by atoms with van der Waals surface area (Å²) in [5, 5.41) is 0.681. The maximum absolute atomic E-state index is 12.8. The van der Waals surface area contributed by atoms with Crippen LogP contribution in [0.25, 0.3) is 0 Å². The lowest BCUT2D eigenvalue weighted by molar-refractivity contribution is -0.129. The molecule has 1 atom stereocenters. The predicted molar refractivity (Wildman–Crippen MR) is 105 cm³/mol. The summed E-state index contributed by atoms with van der Waals surface area (Å²) in [6.07, 6.45) is 1.92. The maximum Gasteiger partial charge on any atom is 0.233 e. The van der Waals surface area contributed by atoms with Crippen LogP contribution in [-0.4, -0.2) is 37.3 Å². The number of likely N-dealkylation sites (tertiary alicyclic amines) is 1. The summed E-state index contributed by atoms with van der Waals surface area (Å²) in [4.78, 5) is 15.7. The Bertz CT molecular complexity index is 783. The normalized spacial score (nSPS) is 16.6. The average Bonchev–Trinajstić information content (AvgIpc) is 3.16. The van der Waals surface area contributed by atoms with Crippen LogP contribution in [0.15, 0.2) is 47.4 Å². The van der Waals surface area contributed by atoms with Crippen LogP contribution in [0.2, 0.25) is 5.02 Å². The van der Waals surface area contributed by atoms with Crippen LogP contribution < -0.4 is 9.47 Å². The Morgan fingerprint density at radius 1 is 1.23 bits per heavy atom. The standard InChI is InChI=1S/C20H22ClNO3S/c1-24-14-9-10-15(18(12-14)25-2)17-7-5-11-22(17)20(23)13-26-19-8-4-3-6-16(19)21/h3-4,6,8-10,12,17H,5,7,11,13H2,1-2H3. The number of hydrogen-bond acceptors (Lipinski definition) is 4. The van der Waals surface area contributed by atoms with E-state index in [2.05, 4.69) is 0 Å². The molecule has 0 bridgehead atoms. The van der Waals surface area contributed by atoms with Crippen LogP contribution in [0.1, 0.15) is 24.4 Å². The molecular formula is C20H22ClNO3S. The highest BCUT2D eigenvalue weighted by molar-refractivity contribution is 8.00. The molecule has 2 aromatic carbocycles. The summed E-state index contributed by atoms with van der Waals surface area (Å²) in [7, 11) is 3.28. The van der Waals surface area contributed by atoms with Crippen molar-refractivity contribution in [3.63, 3.8) is 0 Å². The lowest BCUT2D eigenvalue weighted by atomic mass is 10.0. The van der Waals surface area contributed by atoms with E-state index in [0.29, 0.717) is 10.8 Å². The van der Waals surface area contributed by atoms with E-state index in [-0.39, 0.29) is 11.9 Å². The number of hydrogen-bond donors (Lipinski definition) is 0. The van der Waals surface area contributed by atoms with Crippen LogP contribution in [0, 0.1) is 0 Å². The van der Waals surface area contributed by atoms with Crippen molar-refractivity contribution >= 4 is 29.3 Å². The summed E-state index contributed by atoms with van der Waals surface area (Å²) in [6, 6.07) is 13.4. The fourth-order valence-corrected chi connectivity index (χ4v) is 4.39. The molecule has 26 heavy (non-hydrogen) atoms. The van der Waals surface area contributed by atoms with Gasteiger partial charge in [0.05, 0.1) is 31.0 Å². The molecule has 1 aliphatic heterocycles. The number of carbonyl (C=O) groups excluding carboxylic acids is 1. The molecule has 0 N–H and O–H groups in total. The summed E-state index contributed by atoms with van der Waals surface area (Å²) in [6.45, 7) is 0.766. The van der Waals surface area contributed by atoms with E-state index in [9.17, 15) is 4.79 Å². The summed E-state index contributed by atoms with van der Waals surface area (Å²) in [5.74, 6) is 2.00. The van der Waals surface area contributed by atoms with Gasteiger partial charge in [-0.15, -0.1) is 11.8 Å². The number of halogens is 1. The molecule has 0 radical (unpaired) electrons. The first-order valence-electron chi connectivity index (χ1n) is 8.52. The van der Waals surface area contributed by atoms with Gasteiger partial charge in [0.15, 0.2) is 0 Å². The van der Waals surface area contributed by atoms with Gasteiger partial charge in [0.2, 0.25) is 5.91 Å². The molecular weight excluding hydrogens is 370 g/mol. The molecule has 0 spiro atoms. The number of rotatable bonds is 6. The highest BCUT2D eigenvalue weighted by Crippen LogP contribution is 2.39. The van der Waals surface area contributed by atoms with Gasteiger partial charge in [0.1, 0.15) is 11.5 Å². The minimum atomic E-state index is 0.0372. The summed E-state index contributed by atoms with van der Waals surface area (Å²) >= 11 is 7.67. The highest BCUT2D eigenvalue weighted by Gasteiger charge is 2.31. The van der Waals surface area contributed by atoms with Crippen LogP contribution in [-0.2, 0) is 4.79 Å². The number of methoxy groups -OCH3 is 2. The molecule has 1 aliphatic rings. The molecule has 4 nitrogen and oxygen atoms in total. The largest absolute Gasteiger partial charge is 0.497 e. The predicted octanol–water partition coefficient (Wildman–Crippen LogP) is 4.81. The van der Waals surface area contributed by atoms with Gasteiger partial charge in [-0.1, -0.05) is 23.7 Å². The molecule has 3 rings (SSSR count). The van der Waals surface area contributed by atoms with Gasteiger partial charge in [-0.05, 0) is 37.1 Å². The highest BCUT2D eigenvalue weighted by atomic mass is 35.5. The molecule has 1 saturated heterocycles. The Balaban J connectivity index is 1.73. The lowest BCUT2D eigenvalue weighted by Crippen LogP contribution is -2.32. The Hall–Kier alpha value is -1.85. The average molecular weight is 392 g/mol. The monoisotopic (exact) mass is 391 g/mol. The molecule has 1 amide bonds. The molecule has 0 saturated carbocycles. The zero-order valence-electron chi connectivity index (χ0n) is 14.9. The summed E-state index contributed by atoms with van der Waals surface area (Å²) < 4.78 is 10.8. The van der Waals surface area contributed by atoms with Crippen molar-refractivity contribution in [2.24, 2.45) is 0 Å². The van der Waals surface area contributed by atoms with Crippen molar-refractivity contribution in [2.45, 2.75) is 23.8 Å². The van der Waals surface area contributed by atoms with Gasteiger partial charge in [0.25, 0.3) is 0 Å². The van der Waals surface area contributed by atoms with Gasteiger partial charge in [0, 0.05) is 23.1 Å². The first-order chi connectivity index (χ1) is 12.6. The third kappa shape index (κ3) is 4.10. The second-order valence-corrected chi connectivity index (χ2v) is 7.50. The fraction of sp³-hybridized carbons (Fsp3) is 0.350. The van der Waals surface area contributed by atoms with Crippen molar-refractivity contribution < 1.29 is 14.3 Å². The molecule has 1 unspecified atom stereocenters. The van der Waals surface area contributed by atoms with Gasteiger partial charge in [-0.3, -0.25) is 4.79 Å². The number of carbonyl (C=O) groups is 1. The quantitative estimate of drug-likeness (QED) is 0.662. The van der Waals surface area contributed by atoms with E-state index < -0.39 is 0 Å². The van der Waals surface area contributed by atoms with Crippen LogP contribution >= 0.6 is 23.4 Å². The van der Waals surface area contributed by atoms with Crippen LogP contribution in [0.3, 0.4) is 0 Å². The third-order valence-electron chi connectivity index (χ3n) is 4.56. The van der Waals surface area contributed by atoms with Crippen LogP contribution in [0.4, 0.5) is 0 Å². The first-order valence-corrected chi connectivity index (χ1v) is 9.89. The topological polar surface area (TPSA) is 38.8 Å². The van der Waals surface area contributed by atoms with Crippen molar-refractivity contribution in [3.8, 4) is 11.5 Å². The molecule has 0 aliphatic carbocycles. The zero-order chi connectivity index (χ0) is 18.5. The second kappa shape index (κ2) is 8.69. The van der Waals surface area contributed by atoms with Crippen molar-refractivity contribution in [1.29, 1.82) is 0 Å². The Kier molecular flexibility index (Phi) is 6.33. The molecule has 1 heterocycles. The minimum absolute atomic E-state index is 0.0372.